The predicted molar refractivity (Wildman–Crippen MR) is 74.7 cm³/mol. The molecule has 0 atom stereocenters. The lowest BCUT2D eigenvalue weighted by molar-refractivity contribution is 0.762. The van der Waals surface area contributed by atoms with Crippen molar-refractivity contribution < 1.29 is 0 Å². The second kappa shape index (κ2) is 3.84. The second-order valence-electron chi connectivity index (χ2n) is 4.14. The number of imidazole rings is 1. The SMILES string of the molecule is Cc1nn(C)c2c1nc(N)n2-c1ccccc1Br. The van der Waals surface area contributed by atoms with Crippen molar-refractivity contribution in [3.8, 4) is 5.69 Å². The average Bonchev–Trinajstić information content (AvgIpc) is 2.79. The maximum atomic E-state index is 6.03. The third kappa shape index (κ3) is 1.45. The van der Waals surface area contributed by atoms with E-state index in [2.05, 4.69) is 26.0 Å². The minimum absolute atomic E-state index is 0.466. The minimum Gasteiger partial charge on any atom is -0.369 e. The van der Waals surface area contributed by atoms with Crippen LogP contribution in [-0.2, 0) is 7.05 Å². The van der Waals surface area contributed by atoms with Crippen molar-refractivity contribution in [3.63, 3.8) is 0 Å². The summed E-state index contributed by atoms with van der Waals surface area (Å²) in [6, 6.07) is 7.90. The van der Waals surface area contributed by atoms with Crippen molar-refractivity contribution in [2.75, 3.05) is 5.73 Å². The van der Waals surface area contributed by atoms with Gasteiger partial charge in [0.15, 0.2) is 5.65 Å². The molecule has 0 unspecified atom stereocenters. The van der Waals surface area contributed by atoms with Gasteiger partial charge in [0, 0.05) is 11.5 Å². The van der Waals surface area contributed by atoms with Gasteiger partial charge >= 0.3 is 0 Å². The van der Waals surface area contributed by atoms with Crippen LogP contribution in [0.3, 0.4) is 0 Å². The van der Waals surface area contributed by atoms with E-state index in [1.54, 1.807) is 4.68 Å². The Balaban J connectivity index is 2.42. The first kappa shape index (κ1) is 11.3. The van der Waals surface area contributed by atoms with Gasteiger partial charge in [-0.1, -0.05) is 12.1 Å². The molecule has 0 fully saturated rings. The van der Waals surface area contributed by atoms with Gasteiger partial charge in [-0.05, 0) is 35.0 Å². The van der Waals surface area contributed by atoms with E-state index in [4.69, 9.17) is 5.73 Å². The van der Waals surface area contributed by atoms with Gasteiger partial charge in [0.2, 0.25) is 5.95 Å². The molecule has 5 nitrogen and oxygen atoms in total. The Labute approximate surface area is 112 Å². The number of hydrogen-bond acceptors (Lipinski definition) is 3. The van der Waals surface area contributed by atoms with Crippen molar-refractivity contribution in [2.24, 2.45) is 7.05 Å². The van der Waals surface area contributed by atoms with Crippen LogP contribution in [0.2, 0.25) is 0 Å². The average molecular weight is 306 g/mol. The van der Waals surface area contributed by atoms with Crippen LogP contribution in [0.4, 0.5) is 5.95 Å². The smallest absolute Gasteiger partial charge is 0.207 e. The number of hydrogen-bond donors (Lipinski definition) is 1. The Morgan fingerprint density at radius 1 is 1.28 bits per heavy atom. The van der Waals surface area contributed by atoms with E-state index < -0.39 is 0 Å². The van der Waals surface area contributed by atoms with Crippen LogP contribution >= 0.6 is 15.9 Å². The lowest BCUT2D eigenvalue weighted by Gasteiger charge is -2.08. The van der Waals surface area contributed by atoms with Crippen LogP contribution in [0.5, 0.6) is 0 Å². The zero-order chi connectivity index (χ0) is 12.9. The summed E-state index contributed by atoms with van der Waals surface area (Å²) in [4.78, 5) is 4.39. The molecule has 0 amide bonds. The molecule has 1 aromatic carbocycles. The standard InChI is InChI=1S/C12H12BrN5/c1-7-10-11(17(2)16-7)18(12(14)15-10)9-6-4-3-5-8(9)13/h3-6H,1-2H3,(H2,14,15). The summed E-state index contributed by atoms with van der Waals surface area (Å²) in [5.41, 5.74) is 9.60. The van der Waals surface area contributed by atoms with Crippen LogP contribution in [0.1, 0.15) is 5.69 Å². The summed E-state index contributed by atoms with van der Waals surface area (Å²) < 4.78 is 4.67. The molecule has 6 heteroatoms. The Morgan fingerprint density at radius 2 is 2.00 bits per heavy atom. The van der Waals surface area contributed by atoms with Crippen LogP contribution in [0.25, 0.3) is 16.9 Å². The highest BCUT2D eigenvalue weighted by Gasteiger charge is 2.17. The van der Waals surface area contributed by atoms with E-state index in [1.165, 1.54) is 0 Å². The Hall–Kier alpha value is -1.82. The number of para-hydroxylation sites is 1. The monoisotopic (exact) mass is 305 g/mol. The topological polar surface area (TPSA) is 61.7 Å². The highest BCUT2D eigenvalue weighted by atomic mass is 79.9. The van der Waals surface area contributed by atoms with Crippen LogP contribution < -0.4 is 5.73 Å². The Morgan fingerprint density at radius 3 is 2.72 bits per heavy atom. The molecule has 0 saturated carbocycles. The molecule has 18 heavy (non-hydrogen) atoms. The van der Waals surface area contributed by atoms with Crippen LogP contribution in [-0.4, -0.2) is 19.3 Å². The lowest BCUT2D eigenvalue weighted by Crippen LogP contribution is -2.05. The summed E-state index contributed by atoms with van der Waals surface area (Å²) in [5.74, 6) is 0.466. The summed E-state index contributed by atoms with van der Waals surface area (Å²) >= 11 is 3.54. The van der Waals surface area contributed by atoms with Crippen molar-refractivity contribution in [1.29, 1.82) is 0 Å². The molecule has 0 bridgehead atoms. The molecule has 0 radical (unpaired) electrons. The molecule has 2 aromatic heterocycles. The van der Waals surface area contributed by atoms with Crippen molar-refractivity contribution in [2.45, 2.75) is 6.92 Å². The first-order valence-corrected chi connectivity index (χ1v) is 6.31. The van der Waals surface area contributed by atoms with Crippen molar-refractivity contribution in [3.05, 3.63) is 34.4 Å². The first-order chi connectivity index (χ1) is 8.59. The van der Waals surface area contributed by atoms with Crippen molar-refractivity contribution >= 4 is 33.0 Å². The fourth-order valence-electron chi connectivity index (χ4n) is 2.16. The lowest BCUT2D eigenvalue weighted by atomic mass is 10.3. The van der Waals surface area contributed by atoms with Gasteiger partial charge < -0.3 is 5.73 Å². The number of anilines is 1. The molecule has 2 heterocycles. The summed E-state index contributed by atoms with van der Waals surface area (Å²) in [7, 11) is 1.89. The molecule has 0 saturated heterocycles. The number of benzene rings is 1. The quantitative estimate of drug-likeness (QED) is 0.751. The summed E-state index contributed by atoms with van der Waals surface area (Å²) in [6.07, 6.45) is 0. The first-order valence-electron chi connectivity index (χ1n) is 5.52. The largest absolute Gasteiger partial charge is 0.369 e. The zero-order valence-electron chi connectivity index (χ0n) is 10.1. The summed E-state index contributed by atoms with van der Waals surface area (Å²) in [6.45, 7) is 1.93. The zero-order valence-corrected chi connectivity index (χ0v) is 11.6. The summed E-state index contributed by atoms with van der Waals surface area (Å²) in [5, 5.41) is 4.37. The highest BCUT2D eigenvalue weighted by molar-refractivity contribution is 9.10. The molecular formula is C12H12BrN5. The van der Waals surface area contributed by atoms with Gasteiger partial charge in [0.05, 0.1) is 11.4 Å². The van der Waals surface area contributed by atoms with Crippen LogP contribution in [0, 0.1) is 6.92 Å². The maximum Gasteiger partial charge on any atom is 0.207 e. The van der Waals surface area contributed by atoms with E-state index in [9.17, 15) is 0 Å². The number of fused-ring (bicyclic) bond motifs is 1. The van der Waals surface area contributed by atoms with E-state index >= 15 is 0 Å². The van der Waals surface area contributed by atoms with E-state index in [0.29, 0.717) is 5.95 Å². The van der Waals surface area contributed by atoms with E-state index in [1.807, 2.05) is 42.8 Å². The minimum atomic E-state index is 0.466. The molecule has 3 aromatic rings. The van der Waals surface area contributed by atoms with Gasteiger partial charge in [-0.15, -0.1) is 0 Å². The second-order valence-corrected chi connectivity index (χ2v) is 4.99. The Kier molecular flexibility index (Phi) is 2.41. The number of aromatic nitrogens is 4. The Bertz CT molecular complexity index is 740. The normalized spacial score (nSPS) is 11.3. The molecule has 0 aliphatic rings. The number of aryl methyl sites for hydroxylation is 2. The molecule has 0 aliphatic carbocycles. The predicted octanol–water partition coefficient (Wildman–Crippen LogP) is 2.41. The fraction of sp³-hybridized carbons (Fsp3) is 0.167. The third-order valence-corrected chi connectivity index (χ3v) is 3.59. The van der Waals surface area contributed by atoms with E-state index in [-0.39, 0.29) is 0 Å². The van der Waals surface area contributed by atoms with Crippen molar-refractivity contribution in [1.82, 2.24) is 19.3 Å². The molecule has 3 rings (SSSR count). The number of nitrogens with zero attached hydrogens (tertiary/aromatic N) is 4. The number of nitrogen functional groups attached to an aromatic ring is 1. The van der Waals surface area contributed by atoms with Gasteiger partial charge in [0.1, 0.15) is 5.52 Å². The van der Waals surface area contributed by atoms with Gasteiger partial charge in [0.25, 0.3) is 0 Å². The van der Waals surface area contributed by atoms with Gasteiger partial charge in [-0.3, -0.25) is 4.57 Å². The highest BCUT2D eigenvalue weighted by Crippen LogP contribution is 2.28. The maximum absolute atomic E-state index is 6.03. The number of rotatable bonds is 1. The molecule has 92 valence electrons. The van der Waals surface area contributed by atoms with Crippen LogP contribution in [0.15, 0.2) is 28.7 Å². The fourth-order valence-corrected chi connectivity index (χ4v) is 2.62. The number of nitrogens with two attached hydrogens (primary N) is 1. The molecule has 0 spiro atoms. The van der Waals surface area contributed by atoms with Gasteiger partial charge in [-0.25, -0.2) is 9.67 Å². The molecule has 2 N–H and O–H groups in total. The third-order valence-electron chi connectivity index (χ3n) is 2.92. The molecular weight excluding hydrogens is 294 g/mol. The van der Waals surface area contributed by atoms with Gasteiger partial charge in [-0.2, -0.15) is 5.10 Å². The molecule has 0 aliphatic heterocycles. The number of halogens is 1. The van der Waals surface area contributed by atoms with E-state index in [0.717, 1.165) is 27.0 Å².